The summed E-state index contributed by atoms with van der Waals surface area (Å²) in [4.78, 5) is 37.4. The average molecular weight is 477 g/mol. The number of ether oxygens (including phenoxy) is 1. The standard InChI is InChI=1S/C26H28N4O5/c1-2-12-29(13-11-25(32)33)24(31)16-30-15-18(14-27-30)28-26(34)35-17-23-21-9-5-3-7-19(21)20-8-4-6-10-22(20)23/h3-10,14-15,23H,2,11-13,16-17H2,1H3,(H,28,34)(H,32,33). The lowest BCUT2D eigenvalue weighted by atomic mass is 9.98. The second-order valence-electron chi connectivity index (χ2n) is 8.40. The van der Waals surface area contributed by atoms with Crippen LogP contribution in [0.2, 0.25) is 0 Å². The van der Waals surface area contributed by atoms with E-state index in [4.69, 9.17) is 9.84 Å². The van der Waals surface area contributed by atoms with E-state index in [9.17, 15) is 14.4 Å². The fraction of sp³-hybridized carbons (Fsp3) is 0.308. The number of aromatic nitrogens is 2. The minimum absolute atomic E-state index is 0.0381. The van der Waals surface area contributed by atoms with Crippen LogP contribution in [-0.2, 0) is 20.9 Å². The molecule has 1 aromatic heterocycles. The molecule has 0 bridgehead atoms. The van der Waals surface area contributed by atoms with Gasteiger partial charge in [0.2, 0.25) is 5.91 Å². The number of rotatable bonds is 10. The number of fused-ring (bicyclic) bond motifs is 3. The van der Waals surface area contributed by atoms with Crippen LogP contribution in [0.5, 0.6) is 0 Å². The van der Waals surface area contributed by atoms with Crippen molar-refractivity contribution in [3.05, 3.63) is 72.1 Å². The van der Waals surface area contributed by atoms with Crippen LogP contribution in [0.1, 0.15) is 36.8 Å². The Bertz CT molecular complexity index is 1180. The topological polar surface area (TPSA) is 114 Å². The molecule has 182 valence electrons. The van der Waals surface area contributed by atoms with Crippen molar-refractivity contribution in [2.45, 2.75) is 32.2 Å². The number of hydrogen-bond acceptors (Lipinski definition) is 5. The van der Waals surface area contributed by atoms with Crippen LogP contribution in [0, 0.1) is 0 Å². The molecule has 0 unspecified atom stereocenters. The van der Waals surface area contributed by atoms with Crippen LogP contribution in [0.25, 0.3) is 11.1 Å². The smallest absolute Gasteiger partial charge is 0.411 e. The third-order valence-electron chi connectivity index (χ3n) is 5.96. The van der Waals surface area contributed by atoms with Gasteiger partial charge in [0.25, 0.3) is 0 Å². The lowest BCUT2D eigenvalue weighted by Crippen LogP contribution is -2.36. The molecule has 0 aliphatic heterocycles. The molecule has 1 aliphatic carbocycles. The quantitative estimate of drug-likeness (QED) is 0.458. The first kappa shape index (κ1) is 24.0. The Labute approximate surface area is 203 Å². The largest absolute Gasteiger partial charge is 0.481 e. The lowest BCUT2D eigenvalue weighted by molar-refractivity contribution is -0.138. The summed E-state index contributed by atoms with van der Waals surface area (Å²) in [5.41, 5.74) is 4.98. The number of carbonyl (C=O) groups is 3. The maximum atomic E-state index is 12.6. The second-order valence-corrected chi connectivity index (χ2v) is 8.40. The average Bonchev–Trinajstić information content (AvgIpc) is 3.42. The van der Waals surface area contributed by atoms with Crippen molar-refractivity contribution < 1.29 is 24.2 Å². The van der Waals surface area contributed by atoms with E-state index < -0.39 is 12.1 Å². The van der Waals surface area contributed by atoms with Gasteiger partial charge in [0.1, 0.15) is 13.2 Å². The highest BCUT2D eigenvalue weighted by atomic mass is 16.5. The molecule has 2 N–H and O–H groups in total. The van der Waals surface area contributed by atoms with Gasteiger partial charge >= 0.3 is 12.1 Å². The summed E-state index contributed by atoms with van der Waals surface area (Å²) in [6.07, 6.45) is 2.99. The number of carboxylic acids is 1. The van der Waals surface area contributed by atoms with Gasteiger partial charge in [-0.05, 0) is 28.7 Å². The first-order valence-electron chi connectivity index (χ1n) is 11.6. The molecule has 0 radical (unpaired) electrons. The van der Waals surface area contributed by atoms with E-state index in [2.05, 4.69) is 34.7 Å². The summed E-state index contributed by atoms with van der Waals surface area (Å²) in [6, 6.07) is 16.2. The zero-order valence-electron chi connectivity index (χ0n) is 19.5. The molecule has 2 aromatic carbocycles. The number of aliphatic carboxylic acids is 1. The molecule has 9 heteroatoms. The predicted octanol–water partition coefficient (Wildman–Crippen LogP) is 3.96. The molecule has 2 amide bonds. The number of carboxylic acid groups (broad SMARTS) is 1. The van der Waals surface area contributed by atoms with Gasteiger partial charge in [0.15, 0.2) is 0 Å². The van der Waals surface area contributed by atoms with Crippen molar-refractivity contribution >= 4 is 23.7 Å². The third-order valence-corrected chi connectivity index (χ3v) is 5.96. The predicted molar refractivity (Wildman–Crippen MR) is 130 cm³/mol. The van der Waals surface area contributed by atoms with Crippen molar-refractivity contribution in [1.29, 1.82) is 0 Å². The van der Waals surface area contributed by atoms with E-state index in [1.807, 2.05) is 31.2 Å². The molecular formula is C26H28N4O5. The van der Waals surface area contributed by atoms with E-state index in [0.29, 0.717) is 12.2 Å². The van der Waals surface area contributed by atoms with Gasteiger partial charge in [0, 0.05) is 25.2 Å². The zero-order valence-corrected chi connectivity index (χ0v) is 19.5. The Hall–Kier alpha value is -4.14. The summed E-state index contributed by atoms with van der Waals surface area (Å²) >= 11 is 0. The summed E-state index contributed by atoms with van der Waals surface area (Å²) < 4.78 is 6.95. The van der Waals surface area contributed by atoms with Gasteiger partial charge in [-0.15, -0.1) is 0 Å². The Morgan fingerprint density at radius 3 is 2.34 bits per heavy atom. The first-order valence-corrected chi connectivity index (χ1v) is 11.6. The number of carbonyl (C=O) groups excluding carboxylic acids is 2. The van der Waals surface area contributed by atoms with Crippen LogP contribution in [0.15, 0.2) is 60.9 Å². The molecule has 1 aliphatic rings. The highest BCUT2D eigenvalue weighted by Gasteiger charge is 2.29. The molecule has 4 rings (SSSR count). The Morgan fingerprint density at radius 2 is 1.71 bits per heavy atom. The van der Waals surface area contributed by atoms with Crippen molar-refractivity contribution in [2.24, 2.45) is 0 Å². The molecule has 1 heterocycles. The molecule has 0 atom stereocenters. The maximum Gasteiger partial charge on any atom is 0.411 e. The molecule has 0 spiro atoms. The molecule has 0 saturated carbocycles. The number of benzene rings is 2. The van der Waals surface area contributed by atoms with Gasteiger partial charge in [-0.3, -0.25) is 19.6 Å². The summed E-state index contributed by atoms with van der Waals surface area (Å²) in [7, 11) is 0. The normalized spacial score (nSPS) is 12.0. The maximum absolute atomic E-state index is 12.6. The SMILES string of the molecule is CCCN(CCC(=O)O)C(=O)Cn1cc(NC(=O)OCC2c3ccccc3-c3ccccc32)cn1. The number of hydrogen-bond donors (Lipinski definition) is 2. The van der Waals surface area contributed by atoms with Gasteiger partial charge in [-0.1, -0.05) is 55.5 Å². The van der Waals surface area contributed by atoms with Crippen molar-refractivity contribution in [3.8, 4) is 11.1 Å². The number of nitrogens with zero attached hydrogens (tertiary/aromatic N) is 3. The highest BCUT2D eigenvalue weighted by molar-refractivity contribution is 5.85. The third kappa shape index (κ3) is 5.68. The summed E-state index contributed by atoms with van der Waals surface area (Å²) in [5.74, 6) is -1.22. The first-order chi connectivity index (χ1) is 17.0. The van der Waals surface area contributed by atoms with E-state index in [1.54, 1.807) is 6.20 Å². The van der Waals surface area contributed by atoms with E-state index in [0.717, 1.165) is 28.7 Å². The van der Waals surface area contributed by atoms with Gasteiger partial charge in [0.05, 0.1) is 18.3 Å². The molecule has 9 nitrogen and oxygen atoms in total. The van der Waals surface area contributed by atoms with Gasteiger partial charge in [-0.25, -0.2) is 4.79 Å². The minimum Gasteiger partial charge on any atom is -0.481 e. The number of nitrogens with one attached hydrogen (secondary N) is 1. The molecule has 3 aromatic rings. The lowest BCUT2D eigenvalue weighted by Gasteiger charge is -2.21. The van der Waals surface area contributed by atoms with Gasteiger partial charge < -0.3 is 14.7 Å². The number of anilines is 1. The Kier molecular flexibility index (Phi) is 7.45. The monoisotopic (exact) mass is 476 g/mol. The van der Waals surface area contributed by atoms with Crippen molar-refractivity contribution in [2.75, 3.05) is 25.0 Å². The van der Waals surface area contributed by atoms with Crippen LogP contribution in [0.3, 0.4) is 0 Å². The zero-order chi connectivity index (χ0) is 24.8. The van der Waals surface area contributed by atoms with Crippen LogP contribution in [-0.4, -0.2) is 57.5 Å². The van der Waals surface area contributed by atoms with E-state index >= 15 is 0 Å². The second kappa shape index (κ2) is 10.9. The fourth-order valence-electron chi connectivity index (χ4n) is 4.37. The molecule has 35 heavy (non-hydrogen) atoms. The number of amides is 2. The van der Waals surface area contributed by atoms with Crippen LogP contribution >= 0.6 is 0 Å². The Balaban J connectivity index is 1.33. The van der Waals surface area contributed by atoms with E-state index in [1.165, 1.54) is 15.8 Å². The van der Waals surface area contributed by atoms with Crippen molar-refractivity contribution in [3.63, 3.8) is 0 Å². The van der Waals surface area contributed by atoms with E-state index in [-0.39, 0.29) is 37.9 Å². The van der Waals surface area contributed by atoms with Gasteiger partial charge in [-0.2, -0.15) is 5.10 Å². The van der Waals surface area contributed by atoms with Crippen LogP contribution < -0.4 is 5.32 Å². The summed E-state index contributed by atoms with van der Waals surface area (Å²) in [6.45, 7) is 2.69. The molecular weight excluding hydrogens is 448 g/mol. The highest BCUT2D eigenvalue weighted by Crippen LogP contribution is 2.44. The minimum atomic E-state index is -0.951. The Morgan fingerprint density at radius 1 is 1.06 bits per heavy atom. The fourth-order valence-corrected chi connectivity index (χ4v) is 4.37. The van der Waals surface area contributed by atoms with Crippen molar-refractivity contribution in [1.82, 2.24) is 14.7 Å². The molecule has 0 saturated heterocycles. The summed E-state index contributed by atoms with van der Waals surface area (Å²) in [5, 5.41) is 15.7. The molecule has 0 fully saturated rings. The van der Waals surface area contributed by atoms with Crippen LogP contribution in [0.4, 0.5) is 10.5 Å².